The van der Waals surface area contributed by atoms with Gasteiger partial charge in [0.15, 0.2) is 0 Å². The van der Waals surface area contributed by atoms with E-state index in [4.69, 9.17) is 5.73 Å². The van der Waals surface area contributed by atoms with Crippen LogP contribution < -0.4 is 10.6 Å². The standard InChI is InChI=1S/C14H21BrN2/c1-10-7-8-11(15)9-14(10)17(2)13-6-4-3-5-12(13)16/h7-9,12-13H,3-6,16H2,1-2H3. The number of anilines is 1. The zero-order chi connectivity index (χ0) is 12.4. The SMILES string of the molecule is Cc1ccc(Br)cc1N(C)C1CCCCC1N. The fraction of sp³-hybridized carbons (Fsp3) is 0.571. The Balaban J connectivity index is 2.23. The molecule has 1 fully saturated rings. The molecule has 2 N–H and O–H groups in total. The molecule has 1 aromatic carbocycles. The van der Waals surface area contributed by atoms with Crippen molar-refractivity contribution < 1.29 is 0 Å². The predicted octanol–water partition coefficient (Wildman–Crippen LogP) is 3.46. The van der Waals surface area contributed by atoms with E-state index in [1.54, 1.807) is 0 Å². The van der Waals surface area contributed by atoms with Crippen LogP contribution in [-0.4, -0.2) is 19.1 Å². The lowest BCUT2D eigenvalue weighted by atomic mass is 9.89. The number of halogens is 1. The average Bonchev–Trinajstić information content (AvgIpc) is 2.32. The molecule has 1 aliphatic rings. The Labute approximate surface area is 112 Å². The van der Waals surface area contributed by atoms with Crippen LogP contribution in [0.15, 0.2) is 22.7 Å². The van der Waals surface area contributed by atoms with Crippen LogP contribution in [0.4, 0.5) is 5.69 Å². The van der Waals surface area contributed by atoms with E-state index in [9.17, 15) is 0 Å². The van der Waals surface area contributed by atoms with Gasteiger partial charge in [0.25, 0.3) is 0 Å². The lowest BCUT2D eigenvalue weighted by Crippen LogP contribution is -2.48. The maximum atomic E-state index is 6.25. The molecule has 2 unspecified atom stereocenters. The first-order chi connectivity index (χ1) is 8.09. The highest BCUT2D eigenvalue weighted by atomic mass is 79.9. The summed E-state index contributed by atoms with van der Waals surface area (Å²) in [5.74, 6) is 0. The van der Waals surface area contributed by atoms with Crippen molar-refractivity contribution in [3.8, 4) is 0 Å². The second kappa shape index (κ2) is 5.40. The number of hydrogen-bond acceptors (Lipinski definition) is 2. The van der Waals surface area contributed by atoms with Crippen LogP contribution in [0.3, 0.4) is 0 Å². The first-order valence-corrected chi connectivity index (χ1v) is 7.13. The topological polar surface area (TPSA) is 29.3 Å². The van der Waals surface area contributed by atoms with Gasteiger partial charge in [-0.2, -0.15) is 0 Å². The van der Waals surface area contributed by atoms with Gasteiger partial charge in [0.05, 0.1) is 0 Å². The van der Waals surface area contributed by atoms with Crippen molar-refractivity contribution in [2.75, 3.05) is 11.9 Å². The van der Waals surface area contributed by atoms with Crippen LogP contribution in [0.25, 0.3) is 0 Å². The van der Waals surface area contributed by atoms with Crippen LogP contribution >= 0.6 is 15.9 Å². The van der Waals surface area contributed by atoms with E-state index in [2.05, 4.69) is 53.0 Å². The van der Waals surface area contributed by atoms with Gasteiger partial charge in [-0.25, -0.2) is 0 Å². The summed E-state index contributed by atoms with van der Waals surface area (Å²) in [6, 6.07) is 7.23. The summed E-state index contributed by atoms with van der Waals surface area (Å²) in [6.45, 7) is 2.16. The first-order valence-electron chi connectivity index (χ1n) is 6.34. The van der Waals surface area contributed by atoms with E-state index in [0.717, 1.165) is 10.9 Å². The molecule has 0 heterocycles. The lowest BCUT2D eigenvalue weighted by molar-refractivity contribution is 0.373. The Hall–Kier alpha value is -0.540. The minimum absolute atomic E-state index is 0.312. The second-order valence-corrected chi connectivity index (χ2v) is 5.97. The van der Waals surface area contributed by atoms with Crippen molar-refractivity contribution in [1.29, 1.82) is 0 Å². The maximum Gasteiger partial charge on any atom is 0.0437 e. The molecule has 0 aliphatic heterocycles. The fourth-order valence-electron chi connectivity index (χ4n) is 2.76. The third kappa shape index (κ3) is 2.83. The molecule has 0 amide bonds. The number of hydrogen-bond donors (Lipinski definition) is 1. The first kappa shape index (κ1) is 12.9. The Morgan fingerprint density at radius 1 is 1.29 bits per heavy atom. The Kier molecular flexibility index (Phi) is 4.10. The molecular formula is C14H21BrN2. The van der Waals surface area contributed by atoms with E-state index in [1.165, 1.54) is 30.5 Å². The summed E-state index contributed by atoms with van der Waals surface area (Å²) in [5, 5.41) is 0. The van der Waals surface area contributed by atoms with Gasteiger partial charge in [0, 0.05) is 29.3 Å². The van der Waals surface area contributed by atoms with Gasteiger partial charge in [0.1, 0.15) is 0 Å². The molecule has 94 valence electrons. The smallest absolute Gasteiger partial charge is 0.0437 e. The van der Waals surface area contributed by atoms with Crippen molar-refractivity contribution >= 4 is 21.6 Å². The third-order valence-electron chi connectivity index (χ3n) is 3.83. The Bertz CT molecular complexity index is 392. The highest BCUT2D eigenvalue weighted by molar-refractivity contribution is 9.10. The van der Waals surface area contributed by atoms with Crippen LogP contribution in [0, 0.1) is 6.92 Å². The monoisotopic (exact) mass is 296 g/mol. The molecule has 1 saturated carbocycles. The fourth-order valence-corrected chi connectivity index (χ4v) is 3.11. The molecule has 0 radical (unpaired) electrons. The number of nitrogens with zero attached hydrogens (tertiary/aromatic N) is 1. The van der Waals surface area contributed by atoms with Gasteiger partial charge in [-0.05, 0) is 37.5 Å². The van der Waals surface area contributed by atoms with Crippen LogP contribution in [0.2, 0.25) is 0 Å². The molecule has 2 rings (SSSR count). The molecule has 0 saturated heterocycles. The van der Waals surface area contributed by atoms with Gasteiger partial charge in [0.2, 0.25) is 0 Å². The molecule has 1 aliphatic carbocycles. The highest BCUT2D eigenvalue weighted by Gasteiger charge is 2.26. The van der Waals surface area contributed by atoms with Crippen LogP contribution in [0.5, 0.6) is 0 Å². The van der Waals surface area contributed by atoms with E-state index in [-0.39, 0.29) is 0 Å². The molecule has 1 aromatic rings. The average molecular weight is 297 g/mol. The van der Waals surface area contributed by atoms with Gasteiger partial charge in [-0.1, -0.05) is 34.8 Å². The molecule has 2 nitrogen and oxygen atoms in total. The predicted molar refractivity (Wildman–Crippen MR) is 77.5 cm³/mol. The number of likely N-dealkylation sites (N-methyl/N-ethyl adjacent to an activating group) is 1. The largest absolute Gasteiger partial charge is 0.370 e. The van der Waals surface area contributed by atoms with Crippen molar-refractivity contribution in [1.82, 2.24) is 0 Å². The Morgan fingerprint density at radius 3 is 2.71 bits per heavy atom. The molecule has 0 aromatic heterocycles. The molecule has 0 bridgehead atoms. The zero-order valence-electron chi connectivity index (χ0n) is 10.6. The molecule has 17 heavy (non-hydrogen) atoms. The van der Waals surface area contributed by atoms with E-state index < -0.39 is 0 Å². The van der Waals surface area contributed by atoms with Crippen LogP contribution in [0.1, 0.15) is 31.2 Å². The second-order valence-electron chi connectivity index (χ2n) is 5.06. The molecular weight excluding hydrogens is 276 g/mol. The number of aryl methyl sites for hydroxylation is 1. The number of rotatable bonds is 2. The minimum Gasteiger partial charge on any atom is -0.370 e. The lowest BCUT2D eigenvalue weighted by Gasteiger charge is -2.38. The summed E-state index contributed by atoms with van der Waals surface area (Å²) in [5.41, 5.74) is 8.86. The van der Waals surface area contributed by atoms with E-state index in [0.29, 0.717) is 12.1 Å². The summed E-state index contributed by atoms with van der Waals surface area (Å²) >= 11 is 3.55. The number of nitrogens with two attached hydrogens (primary N) is 1. The normalized spacial score (nSPS) is 24.7. The van der Waals surface area contributed by atoms with Crippen LogP contribution in [-0.2, 0) is 0 Å². The summed E-state index contributed by atoms with van der Waals surface area (Å²) in [6.07, 6.45) is 4.95. The van der Waals surface area contributed by atoms with E-state index >= 15 is 0 Å². The van der Waals surface area contributed by atoms with Crippen molar-refractivity contribution in [2.24, 2.45) is 5.73 Å². The van der Waals surface area contributed by atoms with Gasteiger partial charge >= 0.3 is 0 Å². The van der Waals surface area contributed by atoms with Gasteiger partial charge in [-0.3, -0.25) is 0 Å². The van der Waals surface area contributed by atoms with Crippen molar-refractivity contribution in [3.05, 3.63) is 28.2 Å². The summed E-state index contributed by atoms with van der Waals surface area (Å²) in [7, 11) is 2.17. The molecule has 3 heteroatoms. The quantitative estimate of drug-likeness (QED) is 0.905. The molecule has 0 spiro atoms. The van der Waals surface area contributed by atoms with Gasteiger partial charge < -0.3 is 10.6 Å². The van der Waals surface area contributed by atoms with E-state index in [1.807, 2.05) is 0 Å². The van der Waals surface area contributed by atoms with Crippen molar-refractivity contribution in [3.63, 3.8) is 0 Å². The third-order valence-corrected chi connectivity index (χ3v) is 4.32. The highest BCUT2D eigenvalue weighted by Crippen LogP contribution is 2.29. The maximum absolute atomic E-state index is 6.25. The zero-order valence-corrected chi connectivity index (χ0v) is 12.2. The minimum atomic E-state index is 0.312. The Morgan fingerprint density at radius 2 is 2.00 bits per heavy atom. The molecule has 2 atom stereocenters. The summed E-state index contributed by atoms with van der Waals surface area (Å²) < 4.78 is 1.13. The summed E-state index contributed by atoms with van der Waals surface area (Å²) in [4.78, 5) is 2.37. The van der Waals surface area contributed by atoms with Gasteiger partial charge in [-0.15, -0.1) is 0 Å². The van der Waals surface area contributed by atoms with Crippen molar-refractivity contribution in [2.45, 2.75) is 44.7 Å². The number of benzene rings is 1.